The maximum Gasteiger partial charge on any atom is 0.123 e. The van der Waals surface area contributed by atoms with Crippen molar-refractivity contribution in [3.05, 3.63) is 71.5 Å². The summed E-state index contributed by atoms with van der Waals surface area (Å²) in [6.07, 6.45) is -0.558. The van der Waals surface area contributed by atoms with Gasteiger partial charge in [-0.05, 0) is 30.3 Å². The van der Waals surface area contributed by atoms with Crippen molar-refractivity contribution in [1.29, 1.82) is 0 Å². The number of hydrogen-bond acceptors (Lipinski definition) is 2. The summed E-state index contributed by atoms with van der Waals surface area (Å²) in [7, 11) is 1.80. The minimum Gasteiger partial charge on any atom is -0.391 e. The van der Waals surface area contributed by atoms with Gasteiger partial charge in [-0.25, -0.2) is 4.39 Å². The van der Waals surface area contributed by atoms with Gasteiger partial charge < -0.3 is 10.4 Å². The first kappa shape index (κ1) is 13.7. The van der Waals surface area contributed by atoms with Crippen LogP contribution in [0.25, 0.3) is 0 Å². The highest BCUT2D eigenvalue weighted by atomic mass is 19.1. The average molecular weight is 259 g/mol. The molecule has 19 heavy (non-hydrogen) atoms. The molecule has 2 aromatic rings. The molecular weight excluding hydrogens is 241 g/mol. The van der Waals surface area contributed by atoms with Crippen LogP contribution in [0.15, 0.2) is 54.6 Å². The first-order chi connectivity index (χ1) is 9.22. The van der Waals surface area contributed by atoms with Crippen molar-refractivity contribution in [2.45, 2.75) is 12.0 Å². The maximum atomic E-state index is 13.0. The fourth-order valence-electron chi connectivity index (χ4n) is 2.29. The molecule has 0 radical (unpaired) electrons. The summed E-state index contributed by atoms with van der Waals surface area (Å²) >= 11 is 0. The van der Waals surface area contributed by atoms with E-state index in [0.29, 0.717) is 6.54 Å². The fourth-order valence-corrected chi connectivity index (χ4v) is 2.29. The maximum absolute atomic E-state index is 13.0. The first-order valence-corrected chi connectivity index (χ1v) is 6.35. The molecule has 100 valence electrons. The van der Waals surface area contributed by atoms with E-state index >= 15 is 0 Å². The Morgan fingerprint density at radius 1 is 1.00 bits per heavy atom. The fraction of sp³-hybridized carbons (Fsp3) is 0.250. The first-order valence-electron chi connectivity index (χ1n) is 6.35. The Balaban J connectivity index is 2.37. The Labute approximate surface area is 112 Å². The van der Waals surface area contributed by atoms with Gasteiger partial charge >= 0.3 is 0 Å². The molecule has 2 atom stereocenters. The van der Waals surface area contributed by atoms with E-state index in [1.165, 1.54) is 12.1 Å². The van der Waals surface area contributed by atoms with Crippen LogP contribution in [0.4, 0.5) is 4.39 Å². The zero-order valence-electron chi connectivity index (χ0n) is 10.9. The monoisotopic (exact) mass is 259 g/mol. The van der Waals surface area contributed by atoms with Crippen molar-refractivity contribution < 1.29 is 9.50 Å². The average Bonchev–Trinajstić information content (AvgIpc) is 2.43. The molecule has 3 heteroatoms. The Morgan fingerprint density at radius 2 is 1.58 bits per heavy atom. The van der Waals surface area contributed by atoms with Gasteiger partial charge in [-0.1, -0.05) is 42.5 Å². The summed E-state index contributed by atoms with van der Waals surface area (Å²) in [4.78, 5) is 0. The third-order valence-electron chi connectivity index (χ3n) is 3.19. The molecule has 2 aromatic carbocycles. The second-order valence-electron chi connectivity index (χ2n) is 4.56. The normalized spacial score (nSPS) is 14.1. The predicted molar refractivity (Wildman–Crippen MR) is 74.6 cm³/mol. The lowest BCUT2D eigenvalue weighted by Crippen LogP contribution is -2.30. The summed E-state index contributed by atoms with van der Waals surface area (Å²) in [5.41, 5.74) is 1.94. The van der Waals surface area contributed by atoms with Crippen LogP contribution in [-0.2, 0) is 0 Å². The van der Waals surface area contributed by atoms with E-state index in [1.54, 1.807) is 19.2 Å². The summed E-state index contributed by atoms with van der Waals surface area (Å²) < 4.78 is 13.0. The third kappa shape index (κ3) is 3.40. The number of hydrogen-bond donors (Lipinski definition) is 2. The van der Waals surface area contributed by atoms with Gasteiger partial charge in [0.1, 0.15) is 5.82 Å². The van der Waals surface area contributed by atoms with E-state index in [1.807, 2.05) is 30.3 Å². The second-order valence-corrected chi connectivity index (χ2v) is 4.56. The van der Waals surface area contributed by atoms with Crippen LogP contribution < -0.4 is 5.32 Å². The highest BCUT2D eigenvalue weighted by Crippen LogP contribution is 2.28. The SMILES string of the molecule is CNCC(O)C(c1ccccc1)c1ccc(F)cc1. The van der Waals surface area contributed by atoms with Crippen LogP contribution in [0, 0.1) is 5.82 Å². The lowest BCUT2D eigenvalue weighted by Gasteiger charge is -2.24. The van der Waals surface area contributed by atoms with Crippen LogP contribution in [-0.4, -0.2) is 24.8 Å². The quantitative estimate of drug-likeness (QED) is 0.865. The number of nitrogens with one attached hydrogen (secondary N) is 1. The molecule has 0 saturated heterocycles. The van der Waals surface area contributed by atoms with Crippen molar-refractivity contribution in [3.63, 3.8) is 0 Å². The minimum absolute atomic E-state index is 0.158. The lowest BCUT2D eigenvalue weighted by atomic mass is 9.86. The third-order valence-corrected chi connectivity index (χ3v) is 3.19. The van der Waals surface area contributed by atoms with Gasteiger partial charge in [-0.2, -0.15) is 0 Å². The van der Waals surface area contributed by atoms with Crippen molar-refractivity contribution in [2.75, 3.05) is 13.6 Å². The van der Waals surface area contributed by atoms with E-state index in [-0.39, 0.29) is 11.7 Å². The van der Waals surface area contributed by atoms with Crippen LogP contribution in [0.5, 0.6) is 0 Å². The topological polar surface area (TPSA) is 32.3 Å². The molecule has 0 heterocycles. The molecule has 0 saturated carbocycles. The largest absolute Gasteiger partial charge is 0.391 e. The summed E-state index contributed by atoms with van der Waals surface area (Å²) in [6, 6.07) is 16.1. The van der Waals surface area contributed by atoms with E-state index in [0.717, 1.165) is 11.1 Å². The number of aliphatic hydroxyl groups excluding tert-OH is 1. The van der Waals surface area contributed by atoms with E-state index in [9.17, 15) is 9.50 Å². The molecule has 0 aliphatic carbocycles. The standard InChI is InChI=1S/C16H18FNO/c1-18-11-15(19)16(12-5-3-2-4-6-12)13-7-9-14(17)10-8-13/h2-10,15-16,18-19H,11H2,1H3. The lowest BCUT2D eigenvalue weighted by molar-refractivity contribution is 0.156. The Hall–Kier alpha value is -1.71. The van der Waals surface area contributed by atoms with Gasteiger partial charge in [0.15, 0.2) is 0 Å². The summed E-state index contributed by atoms with van der Waals surface area (Å²) in [5, 5.41) is 13.3. The molecule has 0 bridgehead atoms. The zero-order chi connectivity index (χ0) is 13.7. The van der Waals surface area contributed by atoms with Crippen LogP contribution in [0.1, 0.15) is 17.0 Å². The number of aliphatic hydroxyl groups is 1. The molecule has 0 aromatic heterocycles. The number of halogens is 1. The van der Waals surface area contributed by atoms with Gasteiger partial charge in [0.05, 0.1) is 6.10 Å². The Bertz CT molecular complexity index is 498. The smallest absolute Gasteiger partial charge is 0.123 e. The summed E-state index contributed by atoms with van der Waals surface area (Å²) in [6.45, 7) is 0.483. The van der Waals surface area contributed by atoms with Gasteiger partial charge in [-0.15, -0.1) is 0 Å². The molecule has 2 unspecified atom stereocenters. The molecule has 0 spiro atoms. The van der Waals surface area contributed by atoms with Gasteiger partial charge in [0, 0.05) is 12.5 Å². The van der Waals surface area contributed by atoms with Crippen molar-refractivity contribution in [1.82, 2.24) is 5.32 Å². The number of rotatable bonds is 5. The van der Waals surface area contributed by atoms with Crippen molar-refractivity contribution in [2.24, 2.45) is 0 Å². The molecule has 0 amide bonds. The van der Waals surface area contributed by atoms with E-state index < -0.39 is 6.10 Å². The van der Waals surface area contributed by atoms with Gasteiger partial charge in [0.2, 0.25) is 0 Å². The van der Waals surface area contributed by atoms with Crippen molar-refractivity contribution in [3.8, 4) is 0 Å². The molecule has 0 aliphatic rings. The molecule has 2 nitrogen and oxygen atoms in total. The van der Waals surface area contributed by atoms with Crippen LogP contribution in [0.2, 0.25) is 0 Å². The number of benzene rings is 2. The molecule has 2 rings (SSSR count). The van der Waals surface area contributed by atoms with Gasteiger partial charge in [-0.3, -0.25) is 0 Å². The van der Waals surface area contributed by atoms with Crippen molar-refractivity contribution >= 4 is 0 Å². The molecule has 0 fully saturated rings. The molecular formula is C16H18FNO. The Morgan fingerprint density at radius 3 is 2.16 bits per heavy atom. The number of likely N-dealkylation sites (N-methyl/N-ethyl adjacent to an activating group) is 1. The van der Waals surface area contributed by atoms with Crippen LogP contribution in [0.3, 0.4) is 0 Å². The summed E-state index contributed by atoms with van der Waals surface area (Å²) in [5.74, 6) is -0.423. The zero-order valence-corrected chi connectivity index (χ0v) is 10.9. The minimum atomic E-state index is -0.558. The highest BCUT2D eigenvalue weighted by Gasteiger charge is 2.22. The van der Waals surface area contributed by atoms with E-state index in [4.69, 9.17) is 0 Å². The van der Waals surface area contributed by atoms with E-state index in [2.05, 4.69) is 5.32 Å². The molecule has 2 N–H and O–H groups in total. The van der Waals surface area contributed by atoms with Gasteiger partial charge in [0.25, 0.3) is 0 Å². The van der Waals surface area contributed by atoms with Crippen LogP contribution >= 0.6 is 0 Å². The second kappa shape index (κ2) is 6.45. The molecule has 0 aliphatic heterocycles. The Kier molecular flexibility index (Phi) is 4.66. The highest BCUT2D eigenvalue weighted by molar-refractivity contribution is 5.34. The predicted octanol–water partition coefficient (Wildman–Crippen LogP) is 2.54.